The van der Waals surface area contributed by atoms with Crippen molar-refractivity contribution in [1.29, 1.82) is 0 Å². The van der Waals surface area contributed by atoms with E-state index in [2.05, 4.69) is 14.7 Å². The second kappa shape index (κ2) is 5.14. The molecule has 0 amide bonds. The average molecular weight is 263 g/mol. The number of nitrogens with one attached hydrogen (secondary N) is 1. The van der Waals surface area contributed by atoms with Gasteiger partial charge in [-0.25, -0.2) is 4.79 Å². The highest BCUT2D eigenvalue weighted by Crippen LogP contribution is 2.28. The smallest absolute Gasteiger partial charge is 0.340 e. The van der Waals surface area contributed by atoms with Crippen LogP contribution in [0.5, 0.6) is 0 Å². The molecule has 0 aliphatic heterocycles. The number of carbonyl (C=O) groups is 1. The van der Waals surface area contributed by atoms with Gasteiger partial charge in [0.05, 0.1) is 5.69 Å². The minimum absolute atomic E-state index is 0.00551. The molecule has 0 aromatic carbocycles. The van der Waals surface area contributed by atoms with E-state index >= 15 is 0 Å². The maximum atomic E-state index is 11.1. The highest BCUT2D eigenvalue weighted by atomic mass is 32.1. The van der Waals surface area contributed by atoms with E-state index in [0.29, 0.717) is 10.7 Å². The van der Waals surface area contributed by atoms with E-state index in [0.717, 1.165) is 5.56 Å². The van der Waals surface area contributed by atoms with E-state index in [-0.39, 0.29) is 11.6 Å². The Hall–Kier alpha value is -1.95. The molecule has 6 heteroatoms. The molecule has 2 N–H and O–H groups in total. The summed E-state index contributed by atoms with van der Waals surface area (Å²) in [7, 11) is 0. The molecule has 1 unspecified atom stereocenters. The number of carboxylic acids is 1. The van der Waals surface area contributed by atoms with Crippen LogP contribution >= 0.6 is 11.5 Å². The number of hydrogen-bond acceptors (Lipinski definition) is 5. The third-order valence-corrected chi connectivity index (χ3v) is 3.50. The molecule has 0 radical (unpaired) electrons. The lowest BCUT2D eigenvalue weighted by molar-refractivity contribution is 0.0697. The summed E-state index contributed by atoms with van der Waals surface area (Å²) in [4.78, 5) is 15.1. The van der Waals surface area contributed by atoms with Crippen molar-refractivity contribution in [1.82, 2.24) is 9.36 Å². The normalized spacial score (nSPS) is 12.1. The largest absolute Gasteiger partial charge is 0.478 e. The molecule has 0 aliphatic rings. The van der Waals surface area contributed by atoms with Crippen molar-refractivity contribution in [3.05, 3.63) is 41.3 Å². The highest BCUT2D eigenvalue weighted by molar-refractivity contribution is 7.10. The third-order valence-electron chi connectivity index (χ3n) is 2.63. The quantitative estimate of drug-likeness (QED) is 0.887. The number of carboxylic acid groups (broad SMARTS) is 1. The Morgan fingerprint density at radius 3 is 2.72 bits per heavy atom. The van der Waals surface area contributed by atoms with Crippen LogP contribution in [0.25, 0.3) is 0 Å². The lowest BCUT2D eigenvalue weighted by atomic mass is 10.1. The zero-order chi connectivity index (χ0) is 13.1. The fourth-order valence-electron chi connectivity index (χ4n) is 1.65. The van der Waals surface area contributed by atoms with Gasteiger partial charge in [-0.05, 0) is 43.1 Å². The summed E-state index contributed by atoms with van der Waals surface area (Å²) >= 11 is 1.17. The molecule has 2 rings (SSSR count). The highest BCUT2D eigenvalue weighted by Gasteiger charge is 2.19. The summed E-state index contributed by atoms with van der Waals surface area (Å²) < 4.78 is 4.07. The Balaban J connectivity index is 2.22. The fraction of sp³-hybridized carbons (Fsp3) is 0.250. The van der Waals surface area contributed by atoms with Crippen molar-refractivity contribution in [2.75, 3.05) is 5.32 Å². The molecule has 2 heterocycles. The van der Waals surface area contributed by atoms with E-state index in [9.17, 15) is 4.79 Å². The zero-order valence-electron chi connectivity index (χ0n) is 10.0. The van der Waals surface area contributed by atoms with Gasteiger partial charge in [0.25, 0.3) is 0 Å². The van der Waals surface area contributed by atoms with Gasteiger partial charge in [0.15, 0.2) is 0 Å². The van der Waals surface area contributed by atoms with E-state index in [1.165, 1.54) is 11.5 Å². The van der Waals surface area contributed by atoms with Crippen molar-refractivity contribution in [3.8, 4) is 0 Å². The van der Waals surface area contributed by atoms with Gasteiger partial charge in [0.2, 0.25) is 0 Å². The molecule has 0 fully saturated rings. The first-order valence-electron chi connectivity index (χ1n) is 5.45. The molecule has 5 nitrogen and oxygen atoms in total. The second-order valence-electron chi connectivity index (χ2n) is 3.92. The van der Waals surface area contributed by atoms with Crippen LogP contribution in [0, 0.1) is 6.92 Å². The Morgan fingerprint density at radius 1 is 1.44 bits per heavy atom. The van der Waals surface area contributed by atoms with Crippen LogP contribution in [0.4, 0.5) is 5.00 Å². The SMILES string of the molecule is Cc1nsc(NC(C)c2ccncc2)c1C(=O)O. The number of nitrogens with zero attached hydrogens (tertiary/aromatic N) is 2. The Labute approximate surface area is 109 Å². The fourth-order valence-corrected chi connectivity index (χ4v) is 2.53. The van der Waals surface area contributed by atoms with Gasteiger partial charge >= 0.3 is 5.97 Å². The van der Waals surface area contributed by atoms with Gasteiger partial charge in [-0.1, -0.05) is 0 Å². The summed E-state index contributed by atoms with van der Waals surface area (Å²) in [5, 5.41) is 12.9. The molecule has 1 atom stereocenters. The molecule has 0 saturated heterocycles. The van der Waals surface area contributed by atoms with Gasteiger partial charge in [0, 0.05) is 18.4 Å². The molecule has 0 spiro atoms. The van der Waals surface area contributed by atoms with Gasteiger partial charge in [-0.2, -0.15) is 4.37 Å². The molecule has 0 saturated carbocycles. The minimum atomic E-state index is -0.953. The zero-order valence-corrected chi connectivity index (χ0v) is 10.9. The number of aromatic carboxylic acids is 1. The van der Waals surface area contributed by atoms with Crippen LogP contribution < -0.4 is 5.32 Å². The summed E-state index contributed by atoms with van der Waals surface area (Å²) in [6, 6.07) is 3.80. The number of hydrogen-bond donors (Lipinski definition) is 2. The number of anilines is 1. The van der Waals surface area contributed by atoms with Crippen LogP contribution in [0.15, 0.2) is 24.5 Å². The number of pyridine rings is 1. The van der Waals surface area contributed by atoms with Gasteiger partial charge < -0.3 is 10.4 Å². The Bertz CT molecular complexity index is 554. The summed E-state index contributed by atoms with van der Waals surface area (Å²) in [6.45, 7) is 3.66. The molecular weight excluding hydrogens is 250 g/mol. The van der Waals surface area contributed by atoms with Gasteiger partial charge in [0.1, 0.15) is 10.6 Å². The first kappa shape index (κ1) is 12.5. The predicted molar refractivity (Wildman–Crippen MR) is 70.1 cm³/mol. The molecule has 94 valence electrons. The maximum Gasteiger partial charge on any atom is 0.340 e. The Kier molecular flexibility index (Phi) is 3.57. The van der Waals surface area contributed by atoms with Crippen LogP contribution in [-0.2, 0) is 0 Å². The van der Waals surface area contributed by atoms with Crippen LogP contribution in [0.3, 0.4) is 0 Å². The molecule has 18 heavy (non-hydrogen) atoms. The van der Waals surface area contributed by atoms with Crippen LogP contribution in [0.2, 0.25) is 0 Å². The van der Waals surface area contributed by atoms with Crippen molar-refractivity contribution in [2.45, 2.75) is 19.9 Å². The summed E-state index contributed by atoms with van der Waals surface area (Å²) in [5.74, 6) is -0.953. The number of rotatable bonds is 4. The monoisotopic (exact) mass is 263 g/mol. The predicted octanol–water partition coefficient (Wildman–Crippen LogP) is 2.72. The van der Waals surface area contributed by atoms with E-state index in [4.69, 9.17) is 5.11 Å². The molecular formula is C12H13N3O2S. The molecule has 2 aromatic rings. The van der Waals surface area contributed by atoms with E-state index in [1.54, 1.807) is 19.3 Å². The van der Waals surface area contributed by atoms with E-state index in [1.807, 2.05) is 19.1 Å². The molecule has 0 aliphatic carbocycles. The van der Waals surface area contributed by atoms with Crippen molar-refractivity contribution < 1.29 is 9.90 Å². The van der Waals surface area contributed by atoms with Crippen molar-refractivity contribution in [2.24, 2.45) is 0 Å². The van der Waals surface area contributed by atoms with Crippen molar-refractivity contribution in [3.63, 3.8) is 0 Å². The molecule has 0 bridgehead atoms. The molecule has 2 aromatic heterocycles. The minimum Gasteiger partial charge on any atom is -0.478 e. The first-order chi connectivity index (χ1) is 8.59. The number of aromatic nitrogens is 2. The second-order valence-corrected chi connectivity index (χ2v) is 4.70. The summed E-state index contributed by atoms with van der Waals surface area (Å²) in [6.07, 6.45) is 3.42. The van der Waals surface area contributed by atoms with Crippen LogP contribution in [0.1, 0.15) is 34.6 Å². The Morgan fingerprint density at radius 2 is 2.11 bits per heavy atom. The van der Waals surface area contributed by atoms with Crippen LogP contribution in [-0.4, -0.2) is 20.4 Å². The lowest BCUT2D eigenvalue weighted by Crippen LogP contribution is -2.09. The first-order valence-corrected chi connectivity index (χ1v) is 6.23. The standard InChI is InChI=1S/C12H13N3O2S/c1-7(9-3-5-13-6-4-9)14-11-10(12(16)17)8(2)15-18-11/h3-7,14H,1-2H3,(H,16,17). The third kappa shape index (κ3) is 2.48. The average Bonchev–Trinajstić information content (AvgIpc) is 2.71. The summed E-state index contributed by atoms with van der Waals surface area (Å²) in [5.41, 5.74) is 1.84. The number of aryl methyl sites for hydroxylation is 1. The van der Waals surface area contributed by atoms with Gasteiger partial charge in [-0.3, -0.25) is 4.98 Å². The maximum absolute atomic E-state index is 11.1. The van der Waals surface area contributed by atoms with E-state index < -0.39 is 5.97 Å². The van der Waals surface area contributed by atoms with Crippen molar-refractivity contribution >= 4 is 22.5 Å². The van der Waals surface area contributed by atoms with Gasteiger partial charge in [-0.15, -0.1) is 0 Å². The topological polar surface area (TPSA) is 75.1 Å². The lowest BCUT2D eigenvalue weighted by Gasteiger charge is -2.14.